The molecule has 1 heterocycles. The van der Waals surface area contributed by atoms with Crippen molar-refractivity contribution >= 4 is 5.78 Å². The van der Waals surface area contributed by atoms with E-state index in [1.165, 1.54) is 5.56 Å². The number of nitriles is 1. The minimum atomic E-state index is -0.502. The van der Waals surface area contributed by atoms with Gasteiger partial charge in [0, 0.05) is 17.4 Å². The third kappa shape index (κ3) is 1.94. The van der Waals surface area contributed by atoms with Crippen LogP contribution in [0.3, 0.4) is 0 Å². The number of rotatable bonds is 1. The largest absolute Gasteiger partial charge is 0.316 e. The summed E-state index contributed by atoms with van der Waals surface area (Å²) < 4.78 is 0. The van der Waals surface area contributed by atoms with Crippen LogP contribution < -0.4 is 5.32 Å². The van der Waals surface area contributed by atoms with E-state index in [2.05, 4.69) is 23.5 Å². The van der Waals surface area contributed by atoms with Crippen molar-refractivity contribution in [2.24, 2.45) is 11.3 Å². The molecule has 0 aromatic heterocycles. The molecule has 0 spiro atoms. The number of hydrogen-bond donors (Lipinski definition) is 1. The lowest BCUT2D eigenvalue weighted by atomic mass is 9.52. The molecule has 3 rings (SSSR count). The van der Waals surface area contributed by atoms with Gasteiger partial charge < -0.3 is 5.32 Å². The maximum Gasteiger partial charge on any atom is 0.178 e. The maximum atomic E-state index is 12.6. The molecule has 1 saturated heterocycles. The molecule has 1 aromatic carbocycles. The summed E-state index contributed by atoms with van der Waals surface area (Å²) in [6.07, 6.45) is 2.87. The number of nitrogens with one attached hydrogen (secondary N) is 1. The Morgan fingerprint density at radius 1 is 1.29 bits per heavy atom. The molecule has 0 saturated carbocycles. The number of Topliss-reactive ketones (excluding diaryl/α,β-unsaturated/α-hetero) is 1. The fraction of sp³-hybridized carbons (Fsp3) is 0.444. The van der Waals surface area contributed by atoms with Gasteiger partial charge in [-0.05, 0) is 24.4 Å². The molecule has 3 heteroatoms. The number of carbonyl (C=O) groups excluding carboxylic acids is 1. The SMILES string of the molecule is CC1(C)C(=O)C(C#N)=C[C@]2(c3ccccc3)CNCC[C@@H]12. The van der Waals surface area contributed by atoms with Gasteiger partial charge >= 0.3 is 0 Å². The Balaban J connectivity index is 2.25. The third-order valence-corrected chi connectivity index (χ3v) is 5.18. The fourth-order valence-corrected chi connectivity index (χ4v) is 4.13. The van der Waals surface area contributed by atoms with Crippen LogP contribution in [0.15, 0.2) is 42.0 Å². The smallest absolute Gasteiger partial charge is 0.178 e. The average Bonchev–Trinajstić information content (AvgIpc) is 2.52. The summed E-state index contributed by atoms with van der Waals surface area (Å²) in [7, 11) is 0. The van der Waals surface area contributed by atoms with Crippen LogP contribution in [0.25, 0.3) is 0 Å². The molecule has 3 nitrogen and oxygen atoms in total. The van der Waals surface area contributed by atoms with Gasteiger partial charge in [0.15, 0.2) is 5.78 Å². The van der Waals surface area contributed by atoms with Crippen molar-refractivity contribution in [2.45, 2.75) is 25.7 Å². The number of piperidine rings is 1. The second kappa shape index (κ2) is 4.82. The van der Waals surface area contributed by atoms with Gasteiger partial charge in [-0.25, -0.2) is 0 Å². The van der Waals surface area contributed by atoms with Gasteiger partial charge in [0.1, 0.15) is 6.07 Å². The van der Waals surface area contributed by atoms with E-state index in [1.54, 1.807) is 0 Å². The van der Waals surface area contributed by atoms with E-state index in [9.17, 15) is 10.1 Å². The van der Waals surface area contributed by atoms with Crippen molar-refractivity contribution in [1.29, 1.82) is 5.26 Å². The molecule has 0 amide bonds. The van der Waals surface area contributed by atoms with E-state index in [4.69, 9.17) is 0 Å². The summed E-state index contributed by atoms with van der Waals surface area (Å²) in [5.74, 6) is 0.210. The van der Waals surface area contributed by atoms with Crippen LogP contribution in [0.2, 0.25) is 0 Å². The highest BCUT2D eigenvalue weighted by Crippen LogP contribution is 2.51. The van der Waals surface area contributed by atoms with Crippen LogP contribution in [0.1, 0.15) is 25.8 Å². The summed E-state index contributed by atoms with van der Waals surface area (Å²) in [4.78, 5) is 12.6. The van der Waals surface area contributed by atoms with Crippen LogP contribution in [0, 0.1) is 22.7 Å². The van der Waals surface area contributed by atoms with Crippen molar-refractivity contribution in [1.82, 2.24) is 5.32 Å². The van der Waals surface area contributed by atoms with Gasteiger partial charge in [0.2, 0.25) is 0 Å². The monoisotopic (exact) mass is 280 g/mol. The number of hydrogen-bond acceptors (Lipinski definition) is 3. The van der Waals surface area contributed by atoms with Crippen molar-refractivity contribution < 1.29 is 4.79 Å². The van der Waals surface area contributed by atoms with Crippen molar-refractivity contribution in [3.05, 3.63) is 47.5 Å². The molecule has 1 aromatic rings. The predicted molar refractivity (Wildman–Crippen MR) is 81.6 cm³/mol. The Kier molecular flexibility index (Phi) is 3.22. The van der Waals surface area contributed by atoms with Gasteiger partial charge in [-0.1, -0.05) is 50.3 Å². The lowest BCUT2D eigenvalue weighted by Gasteiger charge is -2.52. The summed E-state index contributed by atoms with van der Waals surface area (Å²) in [5.41, 5.74) is 0.735. The minimum absolute atomic E-state index is 0.0107. The second-order valence-corrected chi connectivity index (χ2v) is 6.65. The van der Waals surface area contributed by atoms with Crippen LogP contribution in [-0.2, 0) is 10.2 Å². The summed E-state index contributed by atoms with van der Waals surface area (Å²) in [5, 5.41) is 12.8. The van der Waals surface area contributed by atoms with Crippen LogP contribution in [-0.4, -0.2) is 18.9 Å². The van der Waals surface area contributed by atoms with E-state index >= 15 is 0 Å². The molecule has 21 heavy (non-hydrogen) atoms. The Labute approximate surface area is 125 Å². The Morgan fingerprint density at radius 2 is 2.00 bits per heavy atom. The normalized spacial score (nSPS) is 31.0. The van der Waals surface area contributed by atoms with Crippen LogP contribution >= 0.6 is 0 Å². The first-order chi connectivity index (χ1) is 10.0. The zero-order valence-electron chi connectivity index (χ0n) is 12.5. The van der Waals surface area contributed by atoms with Crippen molar-refractivity contribution in [3.8, 4) is 6.07 Å². The highest BCUT2D eigenvalue weighted by atomic mass is 16.1. The number of allylic oxidation sites excluding steroid dienone is 1. The average molecular weight is 280 g/mol. The molecule has 1 aliphatic heterocycles. The molecule has 0 unspecified atom stereocenters. The maximum absolute atomic E-state index is 12.6. The first-order valence-electron chi connectivity index (χ1n) is 7.46. The highest BCUT2D eigenvalue weighted by Gasteiger charge is 2.54. The topological polar surface area (TPSA) is 52.9 Å². The number of nitrogens with zero attached hydrogens (tertiary/aromatic N) is 1. The molecule has 2 aliphatic rings. The summed E-state index contributed by atoms with van der Waals surface area (Å²) in [6, 6.07) is 12.4. The molecular weight excluding hydrogens is 260 g/mol. The van der Waals surface area contributed by atoms with Gasteiger partial charge in [0.25, 0.3) is 0 Å². The number of ketones is 1. The molecule has 2 atom stereocenters. The molecule has 0 bridgehead atoms. The molecule has 1 fully saturated rings. The Bertz CT molecular complexity index is 639. The quantitative estimate of drug-likeness (QED) is 0.860. The Hall–Kier alpha value is -1.92. The van der Waals surface area contributed by atoms with E-state index < -0.39 is 5.41 Å². The molecule has 0 radical (unpaired) electrons. The highest BCUT2D eigenvalue weighted by molar-refractivity contribution is 6.04. The number of fused-ring (bicyclic) bond motifs is 1. The number of carbonyl (C=O) groups is 1. The van der Waals surface area contributed by atoms with Gasteiger partial charge in [-0.15, -0.1) is 0 Å². The van der Waals surface area contributed by atoms with Gasteiger partial charge in [-0.3, -0.25) is 4.79 Å². The lowest BCUT2D eigenvalue weighted by molar-refractivity contribution is -0.128. The fourth-order valence-electron chi connectivity index (χ4n) is 4.13. The number of benzene rings is 1. The summed E-state index contributed by atoms with van der Waals surface area (Å²) >= 11 is 0. The zero-order valence-corrected chi connectivity index (χ0v) is 12.5. The second-order valence-electron chi connectivity index (χ2n) is 6.65. The van der Waals surface area contributed by atoms with Gasteiger partial charge in [0.05, 0.1) is 5.57 Å². The zero-order chi connectivity index (χ0) is 15.1. The van der Waals surface area contributed by atoms with Crippen LogP contribution in [0.5, 0.6) is 0 Å². The third-order valence-electron chi connectivity index (χ3n) is 5.18. The van der Waals surface area contributed by atoms with Crippen LogP contribution in [0.4, 0.5) is 0 Å². The van der Waals surface area contributed by atoms with E-state index in [0.29, 0.717) is 5.57 Å². The molecular formula is C18H20N2O. The Morgan fingerprint density at radius 3 is 2.67 bits per heavy atom. The standard InChI is InChI=1S/C18H20N2O/c1-17(2)15-8-9-20-12-18(15,10-13(11-19)16(17)21)14-6-4-3-5-7-14/h3-7,10,15,20H,8-9,12H2,1-2H3/t15-,18+/m0/s1. The first-order valence-corrected chi connectivity index (χ1v) is 7.46. The lowest BCUT2D eigenvalue weighted by Crippen LogP contribution is -2.58. The van der Waals surface area contributed by atoms with Crippen molar-refractivity contribution in [2.75, 3.05) is 13.1 Å². The van der Waals surface area contributed by atoms with E-state index in [-0.39, 0.29) is 17.1 Å². The summed E-state index contributed by atoms with van der Waals surface area (Å²) in [6.45, 7) is 5.69. The molecule has 108 valence electrons. The predicted octanol–water partition coefficient (Wildman–Crippen LogP) is 2.59. The van der Waals surface area contributed by atoms with Crippen molar-refractivity contribution in [3.63, 3.8) is 0 Å². The minimum Gasteiger partial charge on any atom is -0.316 e. The van der Waals surface area contributed by atoms with E-state index in [1.807, 2.05) is 38.1 Å². The molecule has 1 N–H and O–H groups in total. The molecule has 1 aliphatic carbocycles. The van der Waals surface area contributed by atoms with Gasteiger partial charge in [-0.2, -0.15) is 5.26 Å². The van der Waals surface area contributed by atoms with E-state index in [0.717, 1.165) is 19.5 Å². The first kappa shape index (κ1) is 14.0.